The highest BCUT2D eigenvalue weighted by molar-refractivity contribution is 5.72. The number of hydrazine groups is 3. The highest BCUT2D eigenvalue weighted by Crippen LogP contribution is 1.63. The van der Waals surface area contributed by atoms with Crippen LogP contribution in [-0.4, -0.2) is 12.6 Å². The molecular weight excluding hydrogens is 134 g/mol. The van der Waals surface area contributed by atoms with Gasteiger partial charge in [-0.1, -0.05) is 6.92 Å². The molecule has 0 fully saturated rings. The van der Waals surface area contributed by atoms with Crippen molar-refractivity contribution in [3.8, 4) is 0 Å². The van der Waals surface area contributed by atoms with Crippen LogP contribution in [0.2, 0.25) is 0 Å². The number of urea groups is 1. The third kappa shape index (κ3) is 5.29. The van der Waals surface area contributed by atoms with Gasteiger partial charge in [0.05, 0.1) is 0 Å². The average Bonchev–Trinajstić information content (AvgIpc) is 1.98. The fourth-order valence-electron chi connectivity index (χ4n) is 0.325. The van der Waals surface area contributed by atoms with Crippen LogP contribution in [0.5, 0.6) is 0 Å². The van der Waals surface area contributed by atoms with Gasteiger partial charge in [-0.15, -0.1) is 0 Å². The Kier molecular flexibility index (Phi) is 5.74. The van der Waals surface area contributed by atoms with Gasteiger partial charge < -0.3 is 0 Å². The predicted molar refractivity (Wildman–Crippen MR) is 37.3 cm³/mol. The summed E-state index contributed by atoms with van der Waals surface area (Å²) in [4.78, 5) is 10.3. The van der Waals surface area contributed by atoms with Crippen LogP contribution in [0.3, 0.4) is 0 Å². The van der Waals surface area contributed by atoms with Crippen LogP contribution >= 0.6 is 0 Å². The van der Waals surface area contributed by atoms with Crippen molar-refractivity contribution in [3.05, 3.63) is 0 Å². The molecule has 10 heavy (non-hydrogen) atoms. The van der Waals surface area contributed by atoms with Crippen molar-refractivity contribution in [2.75, 3.05) is 6.54 Å². The van der Waals surface area contributed by atoms with Crippen molar-refractivity contribution in [1.82, 2.24) is 21.8 Å². The molecule has 0 atom stereocenters. The Balaban J connectivity index is 2.96. The zero-order valence-electron chi connectivity index (χ0n) is 5.90. The molecule has 0 aromatic heterocycles. The van der Waals surface area contributed by atoms with E-state index in [1.165, 1.54) is 0 Å². The molecular formula is C4H13N5O. The van der Waals surface area contributed by atoms with Gasteiger partial charge in [-0.2, -0.15) is 5.53 Å². The van der Waals surface area contributed by atoms with E-state index in [2.05, 4.69) is 16.4 Å². The van der Waals surface area contributed by atoms with Crippen LogP contribution in [0.1, 0.15) is 13.3 Å². The first-order valence-electron chi connectivity index (χ1n) is 3.05. The Morgan fingerprint density at radius 3 is 2.80 bits per heavy atom. The van der Waals surface area contributed by atoms with Gasteiger partial charge in [-0.25, -0.2) is 16.1 Å². The Labute approximate surface area is 59.4 Å². The number of hydrogen-bond donors (Lipinski definition) is 5. The summed E-state index contributed by atoms with van der Waals surface area (Å²) in [6, 6.07) is -0.483. The van der Waals surface area contributed by atoms with Gasteiger partial charge in [0.2, 0.25) is 0 Å². The van der Waals surface area contributed by atoms with Crippen molar-refractivity contribution < 1.29 is 4.79 Å². The second-order valence-corrected chi connectivity index (χ2v) is 1.65. The molecule has 0 bridgehead atoms. The van der Waals surface area contributed by atoms with Crippen LogP contribution in [0.25, 0.3) is 0 Å². The summed E-state index contributed by atoms with van der Waals surface area (Å²) in [5, 5.41) is 0. The number of carbonyl (C=O) groups is 1. The van der Waals surface area contributed by atoms with Crippen molar-refractivity contribution in [3.63, 3.8) is 0 Å². The van der Waals surface area contributed by atoms with Gasteiger partial charge in [-0.05, 0) is 6.42 Å². The maximum atomic E-state index is 10.3. The van der Waals surface area contributed by atoms with Crippen molar-refractivity contribution >= 4 is 6.03 Å². The largest absolute Gasteiger partial charge is 0.344 e. The minimum absolute atomic E-state index is 0.483. The third-order valence-electron chi connectivity index (χ3n) is 0.771. The molecule has 0 radical (unpaired) electrons. The lowest BCUT2D eigenvalue weighted by Crippen LogP contribution is -2.52. The summed E-state index contributed by atoms with van der Waals surface area (Å²) in [7, 11) is 0. The van der Waals surface area contributed by atoms with Crippen LogP contribution in [0, 0.1) is 0 Å². The zero-order valence-corrected chi connectivity index (χ0v) is 5.90. The normalized spacial score (nSPS) is 9.00. The standard InChI is InChI=1S/C4H13N5O/c1-2-3-6-9-8-4(10)7-5/h6,9H,2-3,5H2,1H3,(H2,7,8,10). The number of rotatable bonds is 4. The molecule has 0 aromatic carbocycles. The van der Waals surface area contributed by atoms with Gasteiger partial charge in [0, 0.05) is 6.54 Å². The van der Waals surface area contributed by atoms with Gasteiger partial charge in [0.25, 0.3) is 0 Å². The van der Waals surface area contributed by atoms with E-state index in [4.69, 9.17) is 5.84 Å². The molecule has 6 nitrogen and oxygen atoms in total. The Hall–Kier alpha value is -0.850. The summed E-state index contributed by atoms with van der Waals surface area (Å²) in [6.45, 7) is 2.79. The molecule has 0 unspecified atom stereocenters. The minimum atomic E-state index is -0.483. The summed E-state index contributed by atoms with van der Waals surface area (Å²) in [5.74, 6) is 4.76. The third-order valence-corrected chi connectivity index (χ3v) is 0.771. The van der Waals surface area contributed by atoms with Crippen LogP contribution in [0.15, 0.2) is 0 Å². The molecule has 0 rings (SSSR count). The van der Waals surface area contributed by atoms with Crippen molar-refractivity contribution in [2.24, 2.45) is 5.84 Å². The van der Waals surface area contributed by atoms with Crippen LogP contribution in [0.4, 0.5) is 4.79 Å². The number of carbonyl (C=O) groups excluding carboxylic acids is 1. The minimum Gasteiger partial charge on any atom is -0.275 e. The van der Waals surface area contributed by atoms with Crippen LogP contribution < -0.4 is 27.7 Å². The molecule has 0 aliphatic rings. The van der Waals surface area contributed by atoms with Gasteiger partial charge in [0.15, 0.2) is 0 Å². The summed E-state index contributed by atoms with van der Waals surface area (Å²) in [5.41, 5.74) is 9.29. The predicted octanol–water partition coefficient (Wildman–Crippen LogP) is -1.42. The Bertz CT molecular complexity index is 95.6. The average molecular weight is 147 g/mol. The smallest absolute Gasteiger partial charge is 0.275 e. The van der Waals surface area contributed by atoms with E-state index in [0.29, 0.717) is 0 Å². The molecule has 6 heteroatoms. The first-order chi connectivity index (χ1) is 4.81. The first kappa shape index (κ1) is 9.15. The molecule has 0 spiro atoms. The molecule has 6 N–H and O–H groups in total. The molecule has 0 aliphatic heterocycles. The van der Waals surface area contributed by atoms with Gasteiger partial charge in [-0.3, -0.25) is 10.9 Å². The SMILES string of the molecule is CCCNNNC(=O)NN. The fraction of sp³-hybridized carbons (Fsp3) is 0.750. The molecule has 0 saturated carbocycles. The second-order valence-electron chi connectivity index (χ2n) is 1.65. The Morgan fingerprint density at radius 1 is 1.60 bits per heavy atom. The lowest BCUT2D eigenvalue weighted by atomic mass is 10.5. The van der Waals surface area contributed by atoms with E-state index in [0.717, 1.165) is 13.0 Å². The highest BCUT2D eigenvalue weighted by Gasteiger charge is 1.90. The summed E-state index contributed by atoms with van der Waals surface area (Å²) in [6.07, 6.45) is 0.985. The first-order valence-corrected chi connectivity index (χ1v) is 3.05. The van der Waals surface area contributed by atoms with Gasteiger partial charge >= 0.3 is 6.03 Å². The maximum Gasteiger partial charge on any atom is 0.344 e. The topological polar surface area (TPSA) is 91.2 Å². The van der Waals surface area contributed by atoms with Crippen molar-refractivity contribution in [1.29, 1.82) is 0 Å². The fourth-order valence-corrected chi connectivity index (χ4v) is 0.325. The lowest BCUT2D eigenvalue weighted by molar-refractivity contribution is 0.233. The second kappa shape index (κ2) is 6.27. The van der Waals surface area contributed by atoms with E-state index in [-0.39, 0.29) is 0 Å². The molecule has 2 amide bonds. The molecule has 0 heterocycles. The number of amides is 2. The van der Waals surface area contributed by atoms with E-state index < -0.39 is 6.03 Å². The number of nitrogens with two attached hydrogens (primary N) is 1. The van der Waals surface area contributed by atoms with Crippen molar-refractivity contribution in [2.45, 2.75) is 13.3 Å². The van der Waals surface area contributed by atoms with E-state index in [9.17, 15) is 4.79 Å². The van der Waals surface area contributed by atoms with E-state index in [1.807, 2.05) is 12.3 Å². The number of hydrogen-bond acceptors (Lipinski definition) is 4. The monoisotopic (exact) mass is 147 g/mol. The quantitative estimate of drug-likeness (QED) is 0.146. The molecule has 0 aromatic rings. The van der Waals surface area contributed by atoms with Crippen LogP contribution in [-0.2, 0) is 0 Å². The maximum absolute atomic E-state index is 10.3. The lowest BCUT2D eigenvalue weighted by Gasteiger charge is -2.05. The van der Waals surface area contributed by atoms with E-state index >= 15 is 0 Å². The number of nitrogens with one attached hydrogen (secondary N) is 4. The summed E-state index contributed by atoms with van der Waals surface area (Å²) < 4.78 is 0. The Morgan fingerprint density at radius 2 is 2.30 bits per heavy atom. The molecule has 0 aliphatic carbocycles. The molecule has 60 valence electrons. The summed E-state index contributed by atoms with van der Waals surface area (Å²) >= 11 is 0. The van der Waals surface area contributed by atoms with E-state index in [1.54, 1.807) is 0 Å². The zero-order chi connectivity index (χ0) is 7.82. The van der Waals surface area contributed by atoms with Gasteiger partial charge in [0.1, 0.15) is 0 Å². The molecule has 0 saturated heterocycles. The highest BCUT2D eigenvalue weighted by atomic mass is 16.2.